The van der Waals surface area contributed by atoms with E-state index in [1.54, 1.807) is 6.07 Å². The molecule has 0 saturated carbocycles. The molecule has 0 aromatic heterocycles. The van der Waals surface area contributed by atoms with Gasteiger partial charge in [-0.3, -0.25) is 4.79 Å². The number of aliphatic hydroxyl groups is 1. The highest BCUT2D eigenvalue weighted by atomic mass is 35.5. The molecule has 1 rings (SSSR count). The molecule has 0 heterocycles. The molecule has 0 fully saturated rings. The Morgan fingerprint density at radius 1 is 1.50 bits per heavy atom. The maximum absolute atomic E-state index is 12.1. The van der Waals surface area contributed by atoms with Crippen molar-refractivity contribution in [3.8, 4) is 6.07 Å². The molecule has 9 heteroatoms. The van der Waals surface area contributed by atoms with E-state index in [-0.39, 0.29) is 10.6 Å². The summed E-state index contributed by atoms with van der Waals surface area (Å²) in [6, 6.07) is 3.59. The Kier molecular flexibility index (Phi) is 5.08. The second-order valence-electron chi connectivity index (χ2n) is 3.93. The lowest BCUT2D eigenvalue weighted by molar-refractivity contribution is -0.141. The Morgan fingerprint density at radius 3 is 2.55 bits per heavy atom. The van der Waals surface area contributed by atoms with Crippen LogP contribution in [0.2, 0.25) is 5.02 Å². The number of nitrogens with zero attached hydrogens (tertiary/aromatic N) is 1. The number of halogens is 1. The molecule has 0 aliphatic heterocycles. The number of sulfonamides is 1. The summed E-state index contributed by atoms with van der Waals surface area (Å²) in [5, 5.41) is 26.7. The maximum Gasteiger partial charge on any atom is 0.324 e. The summed E-state index contributed by atoms with van der Waals surface area (Å²) in [6.07, 6.45) is -1.44. The number of hydrogen-bond acceptors (Lipinski definition) is 5. The van der Waals surface area contributed by atoms with Gasteiger partial charge in [-0.25, -0.2) is 8.42 Å². The number of benzene rings is 1. The molecule has 0 aliphatic carbocycles. The van der Waals surface area contributed by atoms with Gasteiger partial charge in [-0.1, -0.05) is 11.6 Å². The minimum absolute atomic E-state index is 0.0543. The summed E-state index contributed by atoms with van der Waals surface area (Å²) in [6.45, 7) is 1.13. The van der Waals surface area contributed by atoms with E-state index in [0.29, 0.717) is 0 Å². The fourth-order valence-corrected chi connectivity index (χ4v) is 3.15. The van der Waals surface area contributed by atoms with Crippen LogP contribution in [-0.2, 0) is 14.8 Å². The molecule has 0 bridgehead atoms. The normalized spacial score (nSPS) is 14.3. The molecule has 0 radical (unpaired) electrons. The van der Waals surface area contributed by atoms with Gasteiger partial charge in [0.05, 0.1) is 22.8 Å². The Morgan fingerprint density at radius 2 is 2.10 bits per heavy atom. The first-order chi connectivity index (χ1) is 9.19. The van der Waals surface area contributed by atoms with Crippen molar-refractivity contribution in [2.45, 2.75) is 24.0 Å². The van der Waals surface area contributed by atoms with Crippen LogP contribution in [0.4, 0.5) is 0 Å². The summed E-state index contributed by atoms with van der Waals surface area (Å²) in [4.78, 5) is 10.5. The zero-order valence-corrected chi connectivity index (χ0v) is 11.8. The molecular weight excluding hydrogens is 308 g/mol. The third kappa shape index (κ3) is 3.68. The lowest BCUT2D eigenvalue weighted by Gasteiger charge is -2.17. The first-order valence-electron chi connectivity index (χ1n) is 5.32. The van der Waals surface area contributed by atoms with Crippen LogP contribution < -0.4 is 4.72 Å². The average molecular weight is 319 g/mol. The van der Waals surface area contributed by atoms with E-state index in [1.807, 2.05) is 4.72 Å². The molecule has 1 aromatic carbocycles. The van der Waals surface area contributed by atoms with Gasteiger partial charge in [-0.05, 0) is 25.1 Å². The van der Waals surface area contributed by atoms with Gasteiger partial charge < -0.3 is 10.2 Å². The first-order valence-corrected chi connectivity index (χ1v) is 7.18. The van der Waals surface area contributed by atoms with Crippen LogP contribution in [0.1, 0.15) is 12.5 Å². The SMILES string of the molecule is C[C@@H](O)[C@H](NS(=O)(=O)c1cc(C#N)ccc1Cl)C(=O)O. The standard InChI is InChI=1S/C11H11ClN2O5S/c1-6(15)10(11(16)17)14-20(18,19)9-4-7(5-13)2-3-8(9)12/h2-4,6,10,14-15H,1H3,(H,16,17)/t6-,10+/m1/s1. The van der Waals surface area contributed by atoms with E-state index >= 15 is 0 Å². The molecule has 0 amide bonds. The highest BCUT2D eigenvalue weighted by molar-refractivity contribution is 7.89. The number of carboxylic acid groups (broad SMARTS) is 1. The number of aliphatic hydroxyl groups excluding tert-OH is 1. The monoisotopic (exact) mass is 318 g/mol. The van der Waals surface area contributed by atoms with E-state index in [2.05, 4.69) is 0 Å². The van der Waals surface area contributed by atoms with Gasteiger partial charge in [0.1, 0.15) is 10.9 Å². The number of aliphatic carboxylic acids is 1. The van der Waals surface area contributed by atoms with Crippen LogP contribution in [0.25, 0.3) is 0 Å². The molecule has 0 saturated heterocycles. The van der Waals surface area contributed by atoms with Crippen LogP contribution in [0, 0.1) is 11.3 Å². The van der Waals surface area contributed by atoms with Crippen molar-refractivity contribution in [2.75, 3.05) is 0 Å². The van der Waals surface area contributed by atoms with Gasteiger partial charge in [0.2, 0.25) is 10.0 Å². The molecule has 20 heavy (non-hydrogen) atoms. The zero-order valence-electron chi connectivity index (χ0n) is 10.2. The molecule has 0 aliphatic rings. The number of carboxylic acids is 1. The van der Waals surface area contributed by atoms with E-state index in [0.717, 1.165) is 13.0 Å². The summed E-state index contributed by atoms with van der Waals surface area (Å²) >= 11 is 5.74. The average Bonchev–Trinajstić information content (AvgIpc) is 2.35. The fraction of sp³-hybridized carbons (Fsp3) is 0.273. The second kappa shape index (κ2) is 6.19. The van der Waals surface area contributed by atoms with Crippen molar-refractivity contribution >= 4 is 27.6 Å². The van der Waals surface area contributed by atoms with Crippen molar-refractivity contribution in [2.24, 2.45) is 0 Å². The van der Waals surface area contributed by atoms with E-state index in [9.17, 15) is 18.3 Å². The minimum Gasteiger partial charge on any atom is -0.480 e. The summed E-state index contributed by atoms with van der Waals surface area (Å²) in [7, 11) is -4.29. The van der Waals surface area contributed by atoms with E-state index in [4.69, 9.17) is 22.0 Å². The summed E-state index contributed by atoms with van der Waals surface area (Å²) in [5.41, 5.74) is 0.0543. The predicted octanol–water partition coefficient (Wildman–Crippen LogP) is 0.324. The van der Waals surface area contributed by atoms with Gasteiger partial charge in [0.15, 0.2) is 0 Å². The van der Waals surface area contributed by atoms with Crippen molar-refractivity contribution in [1.29, 1.82) is 5.26 Å². The van der Waals surface area contributed by atoms with E-state index in [1.165, 1.54) is 12.1 Å². The zero-order chi connectivity index (χ0) is 15.5. The minimum atomic E-state index is -4.29. The number of rotatable bonds is 5. The third-order valence-corrected chi connectivity index (χ3v) is 4.30. The van der Waals surface area contributed by atoms with Gasteiger partial charge in [0.25, 0.3) is 0 Å². The lowest BCUT2D eigenvalue weighted by Crippen LogP contribution is -2.47. The Bertz CT molecular complexity index is 666. The number of hydrogen-bond donors (Lipinski definition) is 3. The third-order valence-electron chi connectivity index (χ3n) is 2.38. The first kappa shape index (κ1) is 16.4. The van der Waals surface area contributed by atoms with E-state index < -0.39 is 33.0 Å². The Balaban J connectivity index is 3.24. The predicted molar refractivity (Wildman–Crippen MR) is 69.6 cm³/mol. The molecule has 0 spiro atoms. The van der Waals surface area contributed by atoms with Crippen LogP contribution in [0.3, 0.4) is 0 Å². The Labute approximate surface area is 120 Å². The van der Waals surface area contributed by atoms with Crippen molar-refractivity contribution < 1.29 is 23.4 Å². The second-order valence-corrected chi connectivity index (χ2v) is 6.02. The Hall–Kier alpha value is -1.66. The number of nitrogens with one attached hydrogen (secondary N) is 1. The number of carbonyl (C=O) groups is 1. The summed E-state index contributed by atoms with van der Waals surface area (Å²) in [5.74, 6) is -1.53. The molecule has 7 nitrogen and oxygen atoms in total. The van der Waals surface area contributed by atoms with Gasteiger partial charge >= 0.3 is 5.97 Å². The van der Waals surface area contributed by atoms with Crippen molar-refractivity contribution in [3.63, 3.8) is 0 Å². The van der Waals surface area contributed by atoms with Crippen LogP contribution >= 0.6 is 11.6 Å². The topological polar surface area (TPSA) is 127 Å². The van der Waals surface area contributed by atoms with Gasteiger partial charge in [-0.2, -0.15) is 9.98 Å². The number of nitriles is 1. The molecule has 2 atom stereocenters. The highest BCUT2D eigenvalue weighted by Gasteiger charge is 2.30. The molecular formula is C11H11ClN2O5S. The van der Waals surface area contributed by atoms with Crippen LogP contribution in [-0.4, -0.2) is 36.7 Å². The molecule has 108 valence electrons. The van der Waals surface area contributed by atoms with Crippen LogP contribution in [0.15, 0.2) is 23.1 Å². The van der Waals surface area contributed by atoms with Gasteiger partial charge in [0, 0.05) is 0 Å². The van der Waals surface area contributed by atoms with Crippen molar-refractivity contribution in [1.82, 2.24) is 4.72 Å². The highest BCUT2D eigenvalue weighted by Crippen LogP contribution is 2.22. The fourth-order valence-electron chi connectivity index (χ4n) is 1.36. The lowest BCUT2D eigenvalue weighted by atomic mass is 10.2. The maximum atomic E-state index is 12.1. The quantitative estimate of drug-likeness (QED) is 0.717. The molecule has 0 unspecified atom stereocenters. The smallest absolute Gasteiger partial charge is 0.324 e. The largest absolute Gasteiger partial charge is 0.480 e. The molecule has 3 N–H and O–H groups in total. The van der Waals surface area contributed by atoms with Gasteiger partial charge in [-0.15, -0.1) is 0 Å². The van der Waals surface area contributed by atoms with Crippen molar-refractivity contribution in [3.05, 3.63) is 28.8 Å². The molecule has 1 aromatic rings. The summed E-state index contributed by atoms with van der Waals surface area (Å²) < 4.78 is 26.0. The van der Waals surface area contributed by atoms with Crippen LogP contribution in [0.5, 0.6) is 0 Å².